The Kier molecular flexibility index (Phi) is 2.83. The van der Waals surface area contributed by atoms with Crippen molar-refractivity contribution in [3.8, 4) is 0 Å². The molecular formula is C8H6ClF3N. The Hall–Kier alpha value is -0.740. The number of hydrogen-bond acceptors (Lipinski definition) is 1. The number of alkyl halides is 3. The minimum Gasteiger partial charge on any atom is -0.326 e. The highest BCUT2D eigenvalue weighted by Gasteiger charge is 2.35. The SMILES string of the molecule is NCc1c[c]cc(Cl)c1C(F)(F)F. The molecule has 0 heterocycles. The van der Waals surface area contributed by atoms with E-state index in [2.05, 4.69) is 6.07 Å². The van der Waals surface area contributed by atoms with E-state index in [0.717, 1.165) is 6.07 Å². The molecule has 1 aromatic rings. The molecule has 1 aromatic carbocycles. The Bertz CT molecular complexity index is 309. The Morgan fingerprint density at radius 2 is 2.00 bits per heavy atom. The summed E-state index contributed by atoms with van der Waals surface area (Å²) < 4.78 is 37.0. The van der Waals surface area contributed by atoms with Gasteiger partial charge in [0.15, 0.2) is 0 Å². The summed E-state index contributed by atoms with van der Waals surface area (Å²) >= 11 is 5.39. The third-order valence-electron chi connectivity index (χ3n) is 1.53. The normalized spacial score (nSPS) is 11.8. The predicted octanol–water partition coefficient (Wildman–Crippen LogP) is 2.62. The highest BCUT2D eigenvalue weighted by Crippen LogP contribution is 2.36. The lowest BCUT2D eigenvalue weighted by Gasteiger charge is -2.12. The molecule has 5 heteroatoms. The van der Waals surface area contributed by atoms with Gasteiger partial charge in [-0.25, -0.2) is 0 Å². The first-order valence-electron chi connectivity index (χ1n) is 3.42. The van der Waals surface area contributed by atoms with E-state index in [1.54, 1.807) is 0 Å². The summed E-state index contributed by atoms with van der Waals surface area (Å²) in [6.45, 7) is -0.202. The van der Waals surface area contributed by atoms with Crippen molar-refractivity contribution in [2.75, 3.05) is 0 Å². The fourth-order valence-electron chi connectivity index (χ4n) is 0.992. The average molecular weight is 209 g/mol. The molecule has 0 saturated carbocycles. The van der Waals surface area contributed by atoms with Crippen LogP contribution in [-0.2, 0) is 12.7 Å². The van der Waals surface area contributed by atoms with E-state index in [1.165, 1.54) is 6.07 Å². The zero-order valence-electron chi connectivity index (χ0n) is 6.45. The second-order valence-electron chi connectivity index (χ2n) is 2.41. The first kappa shape index (κ1) is 10.3. The number of halogens is 4. The van der Waals surface area contributed by atoms with Crippen LogP contribution < -0.4 is 5.73 Å². The van der Waals surface area contributed by atoms with Crippen molar-refractivity contribution in [3.63, 3.8) is 0 Å². The van der Waals surface area contributed by atoms with Gasteiger partial charge in [-0.1, -0.05) is 11.6 Å². The van der Waals surface area contributed by atoms with Gasteiger partial charge in [-0.05, 0) is 23.8 Å². The molecule has 0 aliphatic rings. The lowest BCUT2D eigenvalue weighted by molar-refractivity contribution is -0.138. The van der Waals surface area contributed by atoms with E-state index >= 15 is 0 Å². The van der Waals surface area contributed by atoms with Gasteiger partial charge in [-0.15, -0.1) is 0 Å². The fourth-order valence-corrected chi connectivity index (χ4v) is 1.28. The molecule has 0 atom stereocenters. The van der Waals surface area contributed by atoms with Crippen molar-refractivity contribution < 1.29 is 13.2 Å². The molecule has 0 spiro atoms. The average Bonchev–Trinajstić information content (AvgIpc) is 2.01. The molecule has 0 saturated heterocycles. The molecule has 2 N–H and O–H groups in total. The predicted molar refractivity (Wildman–Crippen MR) is 43.2 cm³/mol. The summed E-state index contributed by atoms with van der Waals surface area (Å²) in [4.78, 5) is 0. The molecular weight excluding hydrogens is 203 g/mol. The van der Waals surface area contributed by atoms with Gasteiger partial charge in [-0.3, -0.25) is 0 Å². The quantitative estimate of drug-likeness (QED) is 0.754. The maximum absolute atomic E-state index is 12.3. The first-order valence-corrected chi connectivity index (χ1v) is 3.80. The van der Waals surface area contributed by atoms with Crippen molar-refractivity contribution in [3.05, 3.63) is 34.3 Å². The maximum Gasteiger partial charge on any atom is 0.418 e. The highest BCUT2D eigenvalue weighted by molar-refractivity contribution is 6.31. The third-order valence-corrected chi connectivity index (χ3v) is 1.83. The van der Waals surface area contributed by atoms with Crippen LogP contribution >= 0.6 is 11.6 Å². The van der Waals surface area contributed by atoms with Gasteiger partial charge in [0.2, 0.25) is 0 Å². The summed E-state index contributed by atoms with van der Waals surface area (Å²) in [6.07, 6.45) is -4.46. The molecule has 0 aromatic heterocycles. The van der Waals surface area contributed by atoms with Crippen molar-refractivity contribution in [1.82, 2.24) is 0 Å². The molecule has 71 valence electrons. The summed E-state index contributed by atoms with van der Waals surface area (Å²) in [7, 11) is 0. The second-order valence-corrected chi connectivity index (χ2v) is 2.81. The molecule has 1 nitrogen and oxygen atoms in total. The molecule has 0 aliphatic carbocycles. The standard InChI is InChI=1S/C8H6ClF3N/c9-6-3-1-2-5(4-13)7(6)8(10,11)12/h2-3H,4,13H2. The van der Waals surface area contributed by atoms with Gasteiger partial charge in [0.05, 0.1) is 10.6 Å². The van der Waals surface area contributed by atoms with Crippen LogP contribution in [0.4, 0.5) is 13.2 Å². The second kappa shape index (κ2) is 3.55. The van der Waals surface area contributed by atoms with Crippen molar-refractivity contribution in [2.45, 2.75) is 12.7 Å². The van der Waals surface area contributed by atoms with Crippen LogP contribution in [0.25, 0.3) is 0 Å². The smallest absolute Gasteiger partial charge is 0.326 e. The minimum atomic E-state index is -4.46. The van der Waals surface area contributed by atoms with Gasteiger partial charge in [0, 0.05) is 6.54 Å². The van der Waals surface area contributed by atoms with Crippen molar-refractivity contribution in [1.29, 1.82) is 0 Å². The Balaban J connectivity index is 3.32. The van der Waals surface area contributed by atoms with E-state index < -0.39 is 11.7 Å². The summed E-state index contributed by atoms with van der Waals surface area (Å²) in [6, 6.07) is 4.74. The molecule has 0 fully saturated rings. The molecule has 0 aliphatic heterocycles. The van der Waals surface area contributed by atoms with Crippen LogP contribution in [-0.4, -0.2) is 0 Å². The van der Waals surface area contributed by atoms with E-state index in [0.29, 0.717) is 0 Å². The van der Waals surface area contributed by atoms with Crippen LogP contribution in [0, 0.1) is 6.07 Å². The Labute approximate surface area is 78.3 Å². The van der Waals surface area contributed by atoms with Crippen molar-refractivity contribution >= 4 is 11.6 Å². The maximum atomic E-state index is 12.3. The summed E-state index contributed by atoms with van der Waals surface area (Å²) in [5, 5.41) is -0.365. The van der Waals surface area contributed by atoms with E-state index in [4.69, 9.17) is 17.3 Å². The van der Waals surface area contributed by atoms with Gasteiger partial charge < -0.3 is 5.73 Å². The number of hydrogen-bond donors (Lipinski definition) is 1. The first-order chi connectivity index (χ1) is 5.96. The molecule has 13 heavy (non-hydrogen) atoms. The van der Waals surface area contributed by atoms with Crippen LogP contribution in [0.2, 0.25) is 5.02 Å². The van der Waals surface area contributed by atoms with Gasteiger partial charge >= 0.3 is 6.18 Å². The van der Waals surface area contributed by atoms with Crippen molar-refractivity contribution in [2.24, 2.45) is 5.73 Å². The molecule has 1 rings (SSSR count). The Morgan fingerprint density at radius 1 is 1.38 bits per heavy atom. The highest BCUT2D eigenvalue weighted by atomic mass is 35.5. The Morgan fingerprint density at radius 3 is 2.38 bits per heavy atom. The number of benzene rings is 1. The minimum absolute atomic E-state index is 0.0417. The number of rotatable bonds is 1. The van der Waals surface area contributed by atoms with Crippen LogP contribution in [0.1, 0.15) is 11.1 Å². The van der Waals surface area contributed by atoms with E-state index in [-0.39, 0.29) is 17.1 Å². The molecule has 0 amide bonds. The van der Waals surface area contributed by atoms with Gasteiger partial charge in [0.25, 0.3) is 0 Å². The topological polar surface area (TPSA) is 26.0 Å². The number of nitrogens with two attached hydrogens (primary N) is 1. The molecule has 0 unspecified atom stereocenters. The van der Waals surface area contributed by atoms with Gasteiger partial charge in [-0.2, -0.15) is 13.2 Å². The van der Waals surface area contributed by atoms with E-state index in [1.807, 2.05) is 0 Å². The van der Waals surface area contributed by atoms with Crippen LogP contribution in [0.3, 0.4) is 0 Å². The zero-order valence-corrected chi connectivity index (χ0v) is 7.21. The summed E-state index contributed by atoms with van der Waals surface area (Å²) in [5.74, 6) is 0. The lowest BCUT2D eigenvalue weighted by Crippen LogP contribution is -2.12. The monoisotopic (exact) mass is 208 g/mol. The lowest BCUT2D eigenvalue weighted by atomic mass is 10.1. The van der Waals surface area contributed by atoms with Gasteiger partial charge in [0.1, 0.15) is 0 Å². The molecule has 0 bridgehead atoms. The van der Waals surface area contributed by atoms with Crippen LogP contribution in [0.5, 0.6) is 0 Å². The zero-order chi connectivity index (χ0) is 10.1. The summed E-state index contributed by atoms with van der Waals surface area (Å²) in [5.41, 5.74) is 4.23. The molecule has 1 radical (unpaired) electrons. The fraction of sp³-hybridized carbons (Fsp3) is 0.250. The van der Waals surface area contributed by atoms with Crippen LogP contribution in [0.15, 0.2) is 12.1 Å². The van der Waals surface area contributed by atoms with E-state index in [9.17, 15) is 13.2 Å². The largest absolute Gasteiger partial charge is 0.418 e. The third kappa shape index (κ3) is 2.14.